The molecule has 1 atom stereocenters. The minimum Gasteiger partial charge on any atom is -0.497 e. The maximum absolute atomic E-state index is 5.47. The maximum atomic E-state index is 5.47. The number of hydrogen-bond acceptors (Lipinski definition) is 4. The summed E-state index contributed by atoms with van der Waals surface area (Å²) in [6.07, 6.45) is 2.11. The number of ether oxygens (including phenoxy) is 2. The van der Waals surface area contributed by atoms with E-state index in [1.54, 1.807) is 14.2 Å². The van der Waals surface area contributed by atoms with Crippen LogP contribution in [-0.2, 0) is 6.54 Å². The molecule has 0 fully saturated rings. The third-order valence-corrected chi connectivity index (χ3v) is 4.45. The summed E-state index contributed by atoms with van der Waals surface area (Å²) in [6, 6.07) is 5.89. The summed E-state index contributed by atoms with van der Waals surface area (Å²) >= 11 is 1.82. The van der Waals surface area contributed by atoms with E-state index in [0.29, 0.717) is 11.8 Å². The van der Waals surface area contributed by atoms with Gasteiger partial charge in [-0.2, -0.15) is 11.8 Å². The van der Waals surface area contributed by atoms with Crippen molar-refractivity contribution in [3.8, 4) is 11.5 Å². The van der Waals surface area contributed by atoms with Crippen LogP contribution in [0.4, 0.5) is 0 Å². The molecule has 0 aliphatic rings. The molecule has 0 aromatic heterocycles. The standard InChI is InChI=1S/C17H29N3O2S/c1-7-18-17(19-11-13(2)23-6)20(3)12-14-8-9-15(21-4)10-16(14)22-5/h8-10,13H,7,11-12H2,1-6H3,(H,18,19). The Morgan fingerprint density at radius 3 is 2.65 bits per heavy atom. The van der Waals surface area contributed by atoms with E-state index >= 15 is 0 Å². The van der Waals surface area contributed by atoms with E-state index in [1.807, 2.05) is 37.0 Å². The van der Waals surface area contributed by atoms with Gasteiger partial charge >= 0.3 is 0 Å². The van der Waals surface area contributed by atoms with Gasteiger partial charge < -0.3 is 19.7 Å². The van der Waals surface area contributed by atoms with Gasteiger partial charge in [0.05, 0.1) is 20.8 Å². The second kappa shape index (κ2) is 10.3. The highest BCUT2D eigenvalue weighted by atomic mass is 32.2. The summed E-state index contributed by atoms with van der Waals surface area (Å²) in [4.78, 5) is 6.83. The van der Waals surface area contributed by atoms with Crippen molar-refractivity contribution in [1.82, 2.24) is 10.2 Å². The van der Waals surface area contributed by atoms with Gasteiger partial charge in [0, 0.05) is 37.0 Å². The molecule has 130 valence electrons. The van der Waals surface area contributed by atoms with Gasteiger partial charge in [-0.25, -0.2) is 0 Å². The molecule has 0 saturated carbocycles. The fourth-order valence-corrected chi connectivity index (χ4v) is 2.30. The Hall–Kier alpha value is -1.56. The SMILES string of the molecule is CCNC(=NCC(C)SC)N(C)Cc1ccc(OC)cc1OC. The van der Waals surface area contributed by atoms with E-state index in [1.165, 1.54) is 0 Å². The summed E-state index contributed by atoms with van der Waals surface area (Å²) in [6.45, 7) is 6.62. The van der Waals surface area contributed by atoms with Crippen LogP contribution in [0.1, 0.15) is 19.4 Å². The molecule has 1 N–H and O–H groups in total. The van der Waals surface area contributed by atoms with E-state index in [9.17, 15) is 0 Å². The van der Waals surface area contributed by atoms with E-state index in [0.717, 1.165) is 36.1 Å². The highest BCUT2D eigenvalue weighted by molar-refractivity contribution is 7.99. The number of benzene rings is 1. The van der Waals surface area contributed by atoms with Gasteiger partial charge in [0.25, 0.3) is 0 Å². The first kappa shape index (κ1) is 19.5. The zero-order valence-corrected chi connectivity index (χ0v) is 15.9. The van der Waals surface area contributed by atoms with Crippen LogP contribution in [-0.4, -0.2) is 56.7 Å². The molecule has 0 spiro atoms. The Balaban J connectivity index is 2.87. The monoisotopic (exact) mass is 339 g/mol. The lowest BCUT2D eigenvalue weighted by Crippen LogP contribution is -2.39. The first-order valence-corrected chi connectivity index (χ1v) is 9.07. The van der Waals surface area contributed by atoms with Gasteiger partial charge in [0.2, 0.25) is 0 Å². The molecule has 5 nitrogen and oxygen atoms in total. The molecule has 23 heavy (non-hydrogen) atoms. The number of aliphatic imine (C=N–C) groups is 1. The first-order chi connectivity index (χ1) is 11.0. The number of nitrogens with one attached hydrogen (secondary N) is 1. The van der Waals surface area contributed by atoms with Crippen LogP contribution in [0.2, 0.25) is 0 Å². The van der Waals surface area contributed by atoms with E-state index in [-0.39, 0.29) is 0 Å². The first-order valence-electron chi connectivity index (χ1n) is 7.78. The van der Waals surface area contributed by atoms with Gasteiger partial charge in [-0.15, -0.1) is 0 Å². The number of thioether (sulfide) groups is 1. The average molecular weight is 340 g/mol. The van der Waals surface area contributed by atoms with Crippen LogP contribution in [0.15, 0.2) is 23.2 Å². The summed E-state index contributed by atoms with van der Waals surface area (Å²) < 4.78 is 10.7. The molecule has 0 amide bonds. The Bertz CT molecular complexity index is 509. The second-order valence-corrected chi connectivity index (χ2v) is 6.55. The zero-order chi connectivity index (χ0) is 17.2. The lowest BCUT2D eigenvalue weighted by molar-refractivity contribution is 0.382. The number of hydrogen-bond donors (Lipinski definition) is 1. The van der Waals surface area contributed by atoms with Crippen molar-refractivity contribution in [2.75, 3.05) is 40.6 Å². The second-order valence-electron chi connectivity index (χ2n) is 5.27. The lowest BCUT2D eigenvalue weighted by Gasteiger charge is -2.23. The fourth-order valence-electron chi connectivity index (χ4n) is 2.07. The molecule has 6 heteroatoms. The van der Waals surface area contributed by atoms with Crippen LogP contribution >= 0.6 is 11.8 Å². The Morgan fingerprint density at radius 2 is 2.09 bits per heavy atom. The molecule has 1 rings (SSSR count). The highest BCUT2D eigenvalue weighted by Crippen LogP contribution is 2.25. The Kier molecular flexibility index (Phi) is 8.69. The molecule has 0 heterocycles. The van der Waals surface area contributed by atoms with Gasteiger partial charge in [0.1, 0.15) is 11.5 Å². The minimum atomic E-state index is 0.507. The van der Waals surface area contributed by atoms with Crippen LogP contribution in [0, 0.1) is 0 Å². The van der Waals surface area contributed by atoms with Crippen molar-refractivity contribution in [2.45, 2.75) is 25.6 Å². The number of nitrogens with zero attached hydrogens (tertiary/aromatic N) is 2. The number of rotatable bonds is 8. The molecule has 0 aliphatic heterocycles. The van der Waals surface area contributed by atoms with Crippen LogP contribution in [0.5, 0.6) is 11.5 Å². The van der Waals surface area contributed by atoms with Crippen molar-refractivity contribution in [2.24, 2.45) is 4.99 Å². The topological polar surface area (TPSA) is 46.1 Å². The van der Waals surface area contributed by atoms with Crippen molar-refractivity contribution in [3.63, 3.8) is 0 Å². The quantitative estimate of drug-likeness (QED) is 0.583. The highest BCUT2D eigenvalue weighted by Gasteiger charge is 2.11. The van der Waals surface area contributed by atoms with Crippen molar-refractivity contribution in [1.29, 1.82) is 0 Å². The third kappa shape index (κ3) is 6.22. The van der Waals surface area contributed by atoms with Gasteiger partial charge in [-0.3, -0.25) is 4.99 Å². The molecule has 0 aliphatic carbocycles. The maximum Gasteiger partial charge on any atom is 0.193 e. The van der Waals surface area contributed by atoms with Gasteiger partial charge in [-0.1, -0.05) is 6.92 Å². The van der Waals surface area contributed by atoms with Gasteiger partial charge in [0.15, 0.2) is 5.96 Å². The third-order valence-electron chi connectivity index (χ3n) is 3.50. The van der Waals surface area contributed by atoms with Crippen molar-refractivity contribution in [3.05, 3.63) is 23.8 Å². The number of guanidine groups is 1. The van der Waals surface area contributed by atoms with Crippen molar-refractivity contribution < 1.29 is 9.47 Å². The molecule has 1 unspecified atom stereocenters. The molecule has 1 aromatic rings. The Morgan fingerprint density at radius 1 is 1.35 bits per heavy atom. The molecule has 0 saturated heterocycles. The van der Waals surface area contributed by atoms with Crippen LogP contribution in [0.25, 0.3) is 0 Å². The molecule has 0 radical (unpaired) electrons. The number of methoxy groups -OCH3 is 2. The van der Waals surface area contributed by atoms with E-state index in [4.69, 9.17) is 14.5 Å². The summed E-state index contributed by atoms with van der Waals surface area (Å²) in [5.41, 5.74) is 1.10. The summed E-state index contributed by atoms with van der Waals surface area (Å²) in [5, 5.41) is 3.85. The molecular formula is C17H29N3O2S. The predicted octanol–water partition coefficient (Wildman–Crippen LogP) is 2.85. The fraction of sp³-hybridized carbons (Fsp3) is 0.588. The molecular weight excluding hydrogens is 310 g/mol. The minimum absolute atomic E-state index is 0.507. The molecule has 1 aromatic carbocycles. The van der Waals surface area contributed by atoms with Crippen LogP contribution in [0.3, 0.4) is 0 Å². The zero-order valence-electron chi connectivity index (χ0n) is 15.0. The summed E-state index contributed by atoms with van der Waals surface area (Å²) in [5.74, 6) is 2.53. The van der Waals surface area contributed by atoms with Crippen LogP contribution < -0.4 is 14.8 Å². The molecule has 0 bridgehead atoms. The lowest BCUT2D eigenvalue weighted by atomic mass is 10.2. The van der Waals surface area contributed by atoms with Gasteiger partial charge in [-0.05, 0) is 25.3 Å². The smallest absolute Gasteiger partial charge is 0.193 e. The van der Waals surface area contributed by atoms with E-state index in [2.05, 4.69) is 30.3 Å². The van der Waals surface area contributed by atoms with E-state index < -0.39 is 0 Å². The largest absolute Gasteiger partial charge is 0.497 e. The van der Waals surface area contributed by atoms with Crippen molar-refractivity contribution >= 4 is 17.7 Å². The average Bonchev–Trinajstić information content (AvgIpc) is 2.58. The summed E-state index contributed by atoms with van der Waals surface area (Å²) in [7, 11) is 5.37. The normalized spacial score (nSPS) is 12.7. The predicted molar refractivity (Wildman–Crippen MR) is 100.0 cm³/mol. The Labute approximate surface area is 144 Å².